The Bertz CT molecular complexity index is 928. The smallest absolute Gasteiger partial charge is 0.335 e. The highest BCUT2D eigenvalue weighted by atomic mass is 32.1. The van der Waals surface area contributed by atoms with Gasteiger partial charge in [0.1, 0.15) is 5.57 Å². The van der Waals surface area contributed by atoms with Gasteiger partial charge in [0.15, 0.2) is 5.11 Å². The normalized spacial score (nSPS) is 16.3. The van der Waals surface area contributed by atoms with Gasteiger partial charge in [0.2, 0.25) is 0 Å². The van der Waals surface area contributed by atoms with E-state index in [0.717, 1.165) is 4.90 Å². The fourth-order valence-corrected chi connectivity index (χ4v) is 2.70. The van der Waals surface area contributed by atoms with E-state index in [0.29, 0.717) is 11.4 Å². The number of amides is 2. The van der Waals surface area contributed by atoms with Crippen LogP contribution >= 0.6 is 12.2 Å². The highest BCUT2D eigenvalue weighted by Gasteiger charge is 2.34. The summed E-state index contributed by atoms with van der Waals surface area (Å²) in [5.74, 6) is -2.22. The maximum absolute atomic E-state index is 12.8. The number of nitrogens with zero attached hydrogens (tertiary/aromatic N) is 2. The van der Waals surface area contributed by atoms with Gasteiger partial charge < -0.3 is 9.67 Å². The number of hydrogen-bond acceptors (Lipinski definition) is 4. The van der Waals surface area contributed by atoms with E-state index in [1.165, 1.54) is 30.3 Å². The zero-order valence-corrected chi connectivity index (χ0v) is 13.9. The van der Waals surface area contributed by atoms with Crippen molar-refractivity contribution in [3.05, 3.63) is 59.4 Å². The lowest BCUT2D eigenvalue weighted by atomic mass is 10.1. The summed E-state index contributed by atoms with van der Waals surface area (Å²) in [5.41, 5.74) is 1.09. The molecule has 25 heavy (non-hydrogen) atoms. The molecule has 8 heteroatoms. The van der Waals surface area contributed by atoms with Gasteiger partial charge in [0, 0.05) is 18.9 Å². The molecule has 1 saturated heterocycles. The number of aryl methyl sites for hydroxylation is 1. The topological polar surface area (TPSA) is 91.6 Å². The van der Waals surface area contributed by atoms with Crippen molar-refractivity contribution in [3.63, 3.8) is 0 Å². The summed E-state index contributed by atoms with van der Waals surface area (Å²) in [4.78, 5) is 37.1. The minimum Gasteiger partial charge on any atom is -0.478 e. The predicted molar refractivity (Wildman–Crippen MR) is 95.0 cm³/mol. The van der Waals surface area contributed by atoms with Crippen LogP contribution in [0.4, 0.5) is 5.69 Å². The Kier molecular flexibility index (Phi) is 4.20. The molecule has 2 N–H and O–H groups in total. The van der Waals surface area contributed by atoms with E-state index >= 15 is 0 Å². The summed E-state index contributed by atoms with van der Waals surface area (Å²) >= 11 is 5.10. The van der Waals surface area contributed by atoms with E-state index in [9.17, 15) is 14.4 Å². The SMILES string of the molecule is Cn1cccc1/C=C1\C(=O)NC(=S)N(c2ccc(C(=O)O)cc2)C1=O. The molecule has 1 aliphatic heterocycles. The van der Waals surface area contributed by atoms with Crippen LogP contribution in [0, 0.1) is 0 Å². The lowest BCUT2D eigenvalue weighted by molar-refractivity contribution is -0.122. The molecule has 1 aromatic heterocycles. The molecule has 0 unspecified atom stereocenters. The number of hydrogen-bond donors (Lipinski definition) is 2. The van der Waals surface area contributed by atoms with Crippen molar-refractivity contribution in [1.29, 1.82) is 0 Å². The van der Waals surface area contributed by atoms with Crippen molar-refractivity contribution in [2.45, 2.75) is 0 Å². The third-order valence-electron chi connectivity index (χ3n) is 3.75. The lowest BCUT2D eigenvalue weighted by Crippen LogP contribution is -2.54. The Morgan fingerprint density at radius 1 is 1.20 bits per heavy atom. The number of aromatic carboxylic acids is 1. The first-order valence-corrected chi connectivity index (χ1v) is 7.65. The molecule has 0 atom stereocenters. The summed E-state index contributed by atoms with van der Waals surface area (Å²) < 4.78 is 1.77. The molecule has 2 heterocycles. The second-order valence-electron chi connectivity index (χ2n) is 5.35. The highest BCUT2D eigenvalue weighted by molar-refractivity contribution is 7.80. The Morgan fingerprint density at radius 3 is 2.44 bits per heavy atom. The summed E-state index contributed by atoms with van der Waals surface area (Å²) in [6.07, 6.45) is 3.28. The number of carbonyl (C=O) groups is 3. The third-order valence-corrected chi connectivity index (χ3v) is 4.03. The minimum atomic E-state index is -1.07. The number of aromatic nitrogens is 1. The quantitative estimate of drug-likeness (QED) is 0.495. The second-order valence-corrected chi connectivity index (χ2v) is 5.74. The van der Waals surface area contributed by atoms with Crippen LogP contribution in [0.1, 0.15) is 16.1 Å². The van der Waals surface area contributed by atoms with E-state index < -0.39 is 17.8 Å². The molecule has 3 rings (SSSR count). The Morgan fingerprint density at radius 2 is 1.88 bits per heavy atom. The second kappa shape index (κ2) is 6.33. The van der Waals surface area contributed by atoms with Crippen molar-refractivity contribution in [3.8, 4) is 0 Å². The third kappa shape index (κ3) is 3.07. The van der Waals surface area contributed by atoms with Gasteiger partial charge >= 0.3 is 5.97 Å². The summed E-state index contributed by atoms with van der Waals surface area (Å²) in [7, 11) is 1.80. The zero-order chi connectivity index (χ0) is 18.1. The Labute approximate surface area is 148 Å². The molecule has 7 nitrogen and oxygen atoms in total. The molecular weight excluding hydrogens is 342 g/mol. The first kappa shape index (κ1) is 16.6. The van der Waals surface area contributed by atoms with Crippen LogP contribution in [0.25, 0.3) is 6.08 Å². The van der Waals surface area contributed by atoms with Crippen molar-refractivity contribution >= 4 is 46.9 Å². The fraction of sp³-hybridized carbons (Fsp3) is 0.0588. The molecule has 1 aliphatic rings. The van der Waals surface area contributed by atoms with E-state index in [-0.39, 0.29) is 16.2 Å². The summed E-state index contributed by atoms with van der Waals surface area (Å²) in [6.45, 7) is 0. The average molecular weight is 355 g/mol. The van der Waals surface area contributed by atoms with E-state index in [2.05, 4.69) is 5.32 Å². The first-order valence-electron chi connectivity index (χ1n) is 7.24. The van der Waals surface area contributed by atoms with Gasteiger partial charge in [-0.25, -0.2) is 4.79 Å². The van der Waals surface area contributed by atoms with Crippen molar-refractivity contribution in [2.24, 2.45) is 7.05 Å². The number of carbonyl (C=O) groups excluding carboxylic acids is 2. The van der Waals surface area contributed by atoms with Gasteiger partial charge in [-0.2, -0.15) is 0 Å². The van der Waals surface area contributed by atoms with Gasteiger partial charge in [-0.3, -0.25) is 19.8 Å². The van der Waals surface area contributed by atoms with Crippen LogP contribution in [-0.4, -0.2) is 32.6 Å². The number of benzene rings is 1. The number of thiocarbonyl (C=S) groups is 1. The van der Waals surface area contributed by atoms with E-state index in [1.807, 2.05) is 0 Å². The minimum absolute atomic E-state index is 0.0536. The molecule has 126 valence electrons. The van der Waals surface area contributed by atoms with Crippen LogP contribution in [0.3, 0.4) is 0 Å². The predicted octanol–water partition coefficient (Wildman–Crippen LogP) is 1.55. The number of nitrogens with one attached hydrogen (secondary N) is 1. The highest BCUT2D eigenvalue weighted by Crippen LogP contribution is 2.22. The van der Waals surface area contributed by atoms with Gasteiger partial charge in [-0.15, -0.1) is 0 Å². The monoisotopic (exact) mass is 355 g/mol. The molecule has 1 fully saturated rings. The fourth-order valence-electron chi connectivity index (χ4n) is 2.42. The van der Waals surface area contributed by atoms with Crippen LogP contribution < -0.4 is 10.2 Å². The van der Waals surface area contributed by atoms with E-state index in [4.69, 9.17) is 17.3 Å². The number of carboxylic acids is 1. The largest absolute Gasteiger partial charge is 0.478 e. The van der Waals surface area contributed by atoms with Crippen LogP contribution in [-0.2, 0) is 16.6 Å². The Balaban J connectivity index is 1.99. The van der Waals surface area contributed by atoms with Gasteiger partial charge in [0.25, 0.3) is 11.8 Å². The number of carboxylic acid groups (broad SMARTS) is 1. The average Bonchev–Trinajstić information content (AvgIpc) is 2.96. The number of anilines is 1. The van der Waals surface area contributed by atoms with Gasteiger partial charge in [-0.05, 0) is 54.7 Å². The number of rotatable bonds is 3. The van der Waals surface area contributed by atoms with Gasteiger partial charge in [0.05, 0.1) is 11.3 Å². The maximum Gasteiger partial charge on any atom is 0.335 e. The first-order chi connectivity index (χ1) is 11.9. The molecule has 0 saturated carbocycles. The van der Waals surface area contributed by atoms with E-state index in [1.54, 1.807) is 29.9 Å². The molecule has 1 aromatic carbocycles. The van der Waals surface area contributed by atoms with Crippen molar-refractivity contribution < 1.29 is 19.5 Å². The molecule has 0 radical (unpaired) electrons. The van der Waals surface area contributed by atoms with Crippen LogP contribution in [0.15, 0.2) is 48.2 Å². The zero-order valence-electron chi connectivity index (χ0n) is 13.1. The van der Waals surface area contributed by atoms with Gasteiger partial charge in [-0.1, -0.05) is 0 Å². The molecule has 2 amide bonds. The molecule has 0 spiro atoms. The molecule has 0 aliphatic carbocycles. The van der Waals surface area contributed by atoms with Crippen LogP contribution in [0.5, 0.6) is 0 Å². The summed E-state index contributed by atoms with van der Waals surface area (Å²) in [5, 5.41) is 11.4. The molecule has 2 aromatic rings. The van der Waals surface area contributed by atoms with Crippen LogP contribution in [0.2, 0.25) is 0 Å². The molecular formula is C17H13N3O4S. The Hall–Kier alpha value is -3.26. The maximum atomic E-state index is 12.8. The van der Waals surface area contributed by atoms with Crippen molar-refractivity contribution in [2.75, 3.05) is 4.90 Å². The standard InChI is InChI=1S/C17H13N3O4S/c1-19-8-2-3-12(19)9-13-14(21)18-17(25)20(15(13)22)11-6-4-10(5-7-11)16(23)24/h2-9H,1H3,(H,23,24)(H,18,21,25)/b13-9+. The molecule has 0 bridgehead atoms. The lowest BCUT2D eigenvalue weighted by Gasteiger charge is -2.29. The van der Waals surface area contributed by atoms with Crippen molar-refractivity contribution in [1.82, 2.24) is 9.88 Å². The summed E-state index contributed by atoms with van der Waals surface area (Å²) in [6, 6.07) is 9.22.